The van der Waals surface area contributed by atoms with Crippen molar-refractivity contribution in [2.24, 2.45) is 5.92 Å². The molecule has 8 nitrogen and oxygen atoms in total. The van der Waals surface area contributed by atoms with Gasteiger partial charge in [0, 0.05) is 42.7 Å². The quantitative estimate of drug-likeness (QED) is 0.674. The van der Waals surface area contributed by atoms with Gasteiger partial charge in [-0.3, -0.25) is 9.59 Å². The number of benzene rings is 1. The van der Waals surface area contributed by atoms with E-state index in [0.29, 0.717) is 17.1 Å². The van der Waals surface area contributed by atoms with Crippen molar-refractivity contribution < 1.29 is 9.59 Å². The van der Waals surface area contributed by atoms with Gasteiger partial charge in [0.15, 0.2) is 17.4 Å². The van der Waals surface area contributed by atoms with Crippen LogP contribution in [-0.4, -0.2) is 44.8 Å². The first kappa shape index (κ1) is 18.8. The number of amides is 1. The molecule has 0 spiro atoms. The van der Waals surface area contributed by atoms with Crippen molar-refractivity contribution in [2.45, 2.75) is 19.8 Å². The third kappa shape index (κ3) is 4.31. The van der Waals surface area contributed by atoms with Gasteiger partial charge in [0.05, 0.1) is 0 Å². The maximum atomic E-state index is 12.6. The lowest BCUT2D eigenvalue weighted by Crippen LogP contribution is -2.38. The number of nitrogens with zero attached hydrogens (tertiary/aromatic N) is 5. The van der Waals surface area contributed by atoms with Crippen molar-refractivity contribution in [3.05, 3.63) is 60.4 Å². The molecule has 1 fully saturated rings. The van der Waals surface area contributed by atoms with Crippen LogP contribution in [0.15, 0.2) is 54.9 Å². The Morgan fingerprint density at radius 3 is 2.45 bits per heavy atom. The van der Waals surface area contributed by atoms with Gasteiger partial charge in [-0.05, 0) is 50.1 Å². The summed E-state index contributed by atoms with van der Waals surface area (Å²) in [5.41, 5.74) is 1.25. The van der Waals surface area contributed by atoms with Crippen molar-refractivity contribution in [3.8, 4) is 5.82 Å². The molecule has 0 bridgehead atoms. The van der Waals surface area contributed by atoms with Crippen molar-refractivity contribution in [2.75, 3.05) is 23.3 Å². The lowest BCUT2D eigenvalue weighted by molar-refractivity contribution is -0.120. The summed E-state index contributed by atoms with van der Waals surface area (Å²) in [5, 5.41) is 15.6. The Labute approximate surface area is 168 Å². The van der Waals surface area contributed by atoms with Crippen LogP contribution in [0.4, 0.5) is 11.5 Å². The second kappa shape index (κ2) is 8.22. The van der Waals surface area contributed by atoms with Gasteiger partial charge in [0.1, 0.15) is 0 Å². The fourth-order valence-electron chi connectivity index (χ4n) is 3.44. The van der Waals surface area contributed by atoms with E-state index in [-0.39, 0.29) is 17.6 Å². The summed E-state index contributed by atoms with van der Waals surface area (Å²) in [5.74, 6) is 1.37. The van der Waals surface area contributed by atoms with E-state index >= 15 is 0 Å². The zero-order valence-corrected chi connectivity index (χ0v) is 16.2. The van der Waals surface area contributed by atoms with Gasteiger partial charge in [-0.2, -0.15) is 5.10 Å². The van der Waals surface area contributed by atoms with Gasteiger partial charge in [0.2, 0.25) is 5.91 Å². The molecular weight excluding hydrogens is 368 g/mol. The number of ketones is 1. The lowest BCUT2D eigenvalue weighted by Gasteiger charge is -2.31. The fourth-order valence-corrected chi connectivity index (χ4v) is 3.44. The maximum absolute atomic E-state index is 12.6. The molecule has 0 aliphatic carbocycles. The van der Waals surface area contributed by atoms with E-state index in [4.69, 9.17) is 0 Å². The Balaban J connectivity index is 1.33. The molecule has 0 atom stereocenters. The number of piperidine rings is 1. The molecule has 1 saturated heterocycles. The minimum Gasteiger partial charge on any atom is -0.355 e. The fraction of sp³-hybridized carbons (Fsp3) is 0.286. The molecule has 0 radical (unpaired) electrons. The van der Waals surface area contributed by atoms with Crippen LogP contribution in [0.3, 0.4) is 0 Å². The SMILES string of the molecule is CC(=O)c1cccc(NC(=O)C2CCN(c3ccc(-n4cccn4)nn3)CC2)c1. The first-order valence-electron chi connectivity index (χ1n) is 9.61. The van der Waals surface area contributed by atoms with E-state index in [9.17, 15) is 9.59 Å². The van der Waals surface area contributed by atoms with Crippen LogP contribution in [0.5, 0.6) is 0 Å². The van der Waals surface area contributed by atoms with Crippen LogP contribution in [0.1, 0.15) is 30.1 Å². The van der Waals surface area contributed by atoms with Gasteiger partial charge >= 0.3 is 0 Å². The lowest BCUT2D eigenvalue weighted by atomic mass is 9.95. The van der Waals surface area contributed by atoms with E-state index in [1.807, 2.05) is 24.4 Å². The van der Waals surface area contributed by atoms with E-state index in [1.165, 1.54) is 6.92 Å². The Morgan fingerprint density at radius 2 is 1.79 bits per heavy atom. The molecule has 1 aliphatic rings. The number of hydrogen-bond donors (Lipinski definition) is 1. The van der Waals surface area contributed by atoms with Crippen LogP contribution in [0.2, 0.25) is 0 Å². The smallest absolute Gasteiger partial charge is 0.227 e. The summed E-state index contributed by atoms with van der Waals surface area (Å²) in [6.45, 7) is 2.99. The van der Waals surface area contributed by atoms with Crippen LogP contribution in [-0.2, 0) is 4.79 Å². The molecule has 0 saturated carbocycles. The molecule has 1 aliphatic heterocycles. The Kier molecular flexibility index (Phi) is 5.33. The predicted molar refractivity (Wildman–Crippen MR) is 109 cm³/mol. The van der Waals surface area contributed by atoms with Crippen LogP contribution in [0.25, 0.3) is 5.82 Å². The number of hydrogen-bond acceptors (Lipinski definition) is 6. The molecule has 8 heteroatoms. The Hall–Kier alpha value is -3.55. The molecule has 4 rings (SSSR count). The van der Waals surface area contributed by atoms with Crippen LogP contribution in [0, 0.1) is 5.92 Å². The number of nitrogens with one attached hydrogen (secondary N) is 1. The topological polar surface area (TPSA) is 93.0 Å². The minimum atomic E-state index is -0.0662. The van der Waals surface area contributed by atoms with Crippen molar-refractivity contribution in [3.63, 3.8) is 0 Å². The molecule has 29 heavy (non-hydrogen) atoms. The van der Waals surface area contributed by atoms with Gasteiger partial charge in [-0.1, -0.05) is 12.1 Å². The van der Waals surface area contributed by atoms with E-state index in [1.54, 1.807) is 35.1 Å². The number of aromatic nitrogens is 4. The second-order valence-corrected chi connectivity index (χ2v) is 7.09. The summed E-state index contributed by atoms with van der Waals surface area (Å²) in [7, 11) is 0. The third-order valence-electron chi connectivity index (χ3n) is 5.10. The summed E-state index contributed by atoms with van der Waals surface area (Å²) >= 11 is 0. The molecular formula is C21H22N6O2. The first-order valence-corrected chi connectivity index (χ1v) is 9.61. The van der Waals surface area contributed by atoms with E-state index < -0.39 is 0 Å². The number of rotatable bonds is 5. The number of anilines is 2. The average molecular weight is 390 g/mol. The Morgan fingerprint density at radius 1 is 1.03 bits per heavy atom. The van der Waals surface area contributed by atoms with Gasteiger partial charge in [-0.25, -0.2) is 4.68 Å². The first-order chi connectivity index (χ1) is 14.1. The largest absolute Gasteiger partial charge is 0.355 e. The second-order valence-electron chi connectivity index (χ2n) is 7.09. The zero-order chi connectivity index (χ0) is 20.2. The Bertz CT molecular complexity index is 992. The number of Topliss-reactive ketones (excluding diaryl/α,β-unsaturated/α-hetero) is 1. The maximum Gasteiger partial charge on any atom is 0.227 e. The van der Waals surface area contributed by atoms with Crippen LogP contribution >= 0.6 is 0 Å². The molecule has 1 amide bonds. The highest BCUT2D eigenvalue weighted by Crippen LogP contribution is 2.23. The number of carbonyl (C=O) groups is 2. The molecule has 3 aromatic rings. The molecule has 148 valence electrons. The van der Waals surface area contributed by atoms with Gasteiger partial charge < -0.3 is 10.2 Å². The highest BCUT2D eigenvalue weighted by Gasteiger charge is 2.26. The van der Waals surface area contributed by atoms with Gasteiger partial charge in [-0.15, -0.1) is 10.2 Å². The standard InChI is InChI=1S/C21H22N6O2/c1-15(28)17-4-2-5-18(14-17)23-21(29)16-8-12-26(13-9-16)19-6-7-20(25-24-19)27-11-3-10-22-27/h2-7,10-11,14,16H,8-9,12-13H2,1H3,(H,23,29). The molecule has 2 aromatic heterocycles. The van der Waals surface area contributed by atoms with Gasteiger partial charge in [0.25, 0.3) is 0 Å². The van der Waals surface area contributed by atoms with Crippen molar-refractivity contribution in [1.82, 2.24) is 20.0 Å². The molecule has 1 aromatic carbocycles. The monoisotopic (exact) mass is 390 g/mol. The predicted octanol–water partition coefficient (Wildman–Crippen LogP) is 2.72. The zero-order valence-electron chi connectivity index (χ0n) is 16.2. The van der Waals surface area contributed by atoms with E-state index in [2.05, 4.69) is 25.5 Å². The average Bonchev–Trinajstić information content (AvgIpc) is 3.29. The minimum absolute atomic E-state index is 0.00883. The van der Waals surface area contributed by atoms with Crippen molar-refractivity contribution in [1.29, 1.82) is 0 Å². The molecule has 3 heterocycles. The normalized spacial score (nSPS) is 14.6. The van der Waals surface area contributed by atoms with E-state index in [0.717, 1.165) is 31.7 Å². The molecule has 0 unspecified atom stereocenters. The summed E-state index contributed by atoms with van der Waals surface area (Å²) in [6, 6.07) is 12.7. The van der Waals surface area contributed by atoms with Crippen molar-refractivity contribution >= 4 is 23.2 Å². The summed E-state index contributed by atoms with van der Waals surface area (Å²) < 4.78 is 1.66. The third-order valence-corrected chi connectivity index (χ3v) is 5.10. The summed E-state index contributed by atoms with van der Waals surface area (Å²) in [4.78, 5) is 26.3. The summed E-state index contributed by atoms with van der Waals surface area (Å²) in [6.07, 6.45) is 4.99. The highest BCUT2D eigenvalue weighted by atomic mass is 16.2. The highest BCUT2D eigenvalue weighted by molar-refractivity contribution is 5.97. The molecule has 1 N–H and O–H groups in total. The number of carbonyl (C=O) groups excluding carboxylic acids is 2. The van der Waals surface area contributed by atoms with Crippen LogP contribution < -0.4 is 10.2 Å².